The third-order valence-corrected chi connectivity index (χ3v) is 6.59. The smallest absolute Gasteiger partial charge is 0.168 e. The average Bonchev–Trinajstić information content (AvgIpc) is 2.54. The van der Waals surface area contributed by atoms with Crippen molar-refractivity contribution in [2.75, 3.05) is 13.2 Å². The van der Waals surface area contributed by atoms with E-state index in [4.69, 9.17) is 9.47 Å². The summed E-state index contributed by atoms with van der Waals surface area (Å²) >= 11 is 0. The maximum absolute atomic E-state index is 11.1. The first-order valence-electron chi connectivity index (χ1n) is 11.2. The highest BCUT2D eigenvalue weighted by Gasteiger charge is 2.41. The molecule has 27 heavy (non-hydrogen) atoms. The predicted octanol–water partition coefficient (Wildman–Crippen LogP) is 6.78. The normalized spacial score (nSPS) is 27.4. The Morgan fingerprint density at radius 2 is 1.41 bits per heavy atom. The lowest BCUT2D eigenvalue weighted by atomic mass is 9.70. The number of carbonyl (C=O) groups excluding carboxylic acids is 1. The van der Waals surface area contributed by atoms with Gasteiger partial charge in [0.2, 0.25) is 0 Å². The minimum Gasteiger partial charge on any atom is -0.350 e. The van der Waals surface area contributed by atoms with Gasteiger partial charge in [0, 0.05) is 25.0 Å². The molecule has 0 aromatic rings. The predicted molar refractivity (Wildman–Crippen MR) is 114 cm³/mol. The van der Waals surface area contributed by atoms with Crippen molar-refractivity contribution in [1.82, 2.24) is 0 Å². The Balaban J connectivity index is 0.000000289. The molecule has 0 radical (unpaired) electrons. The van der Waals surface area contributed by atoms with Crippen molar-refractivity contribution in [2.45, 2.75) is 113 Å². The highest BCUT2D eigenvalue weighted by molar-refractivity contribution is 5.78. The van der Waals surface area contributed by atoms with Crippen molar-refractivity contribution in [3.8, 4) is 0 Å². The fourth-order valence-electron chi connectivity index (χ4n) is 5.04. The van der Waals surface area contributed by atoms with Crippen LogP contribution in [0.4, 0.5) is 0 Å². The lowest BCUT2D eigenvalue weighted by Crippen LogP contribution is -2.44. The van der Waals surface area contributed by atoms with Gasteiger partial charge in [-0.3, -0.25) is 4.79 Å². The molecule has 2 saturated carbocycles. The summed E-state index contributed by atoms with van der Waals surface area (Å²) < 4.78 is 11.8. The zero-order valence-electron chi connectivity index (χ0n) is 19.5. The van der Waals surface area contributed by atoms with Crippen molar-refractivity contribution in [3.63, 3.8) is 0 Å². The Morgan fingerprint density at radius 3 is 1.78 bits per heavy atom. The van der Waals surface area contributed by atoms with E-state index in [2.05, 4.69) is 34.6 Å². The topological polar surface area (TPSA) is 35.5 Å². The van der Waals surface area contributed by atoms with Crippen LogP contribution in [0.2, 0.25) is 0 Å². The van der Waals surface area contributed by atoms with E-state index in [1.165, 1.54) is 38.5 Å². The molecule has 0 spiro atoms. The van der Waals surface area contributed by atoms with E-state index in [1.54, 1.807) is 6.92 Å². The fourth-order valence-corrected chi connectivity index (χ4v) is 5.04. The van der Waals surface area contributed by atoms with Crippen LogP contribution in [0.3, 0.4) is 0 Å². The molecule has 0 amide bonds. The van der Waals surface area contributed by atoms with Gasteiger partial charge in [-0.2, -0.15) is 0 Å². The highest BCUT2D eigenvalue weighted by atomic mass is 16.7. The molecule has 3 nitrogen and oxygen atoms in total. The van der Waals surface area contributed by atoms with E-state index in [9.17, 15) is 4.79 Å². The Bertz CT molecular complexity index is 447. The Labute approximate surface area is 169 Å². The molecular weight excluding hydrogens is 336 g/mol. The summed E-state index contributed by atoms with van der Waals surface area (Å²) in [6.07, 6.45) is 9.82. The summed E-state index contributed by atoms with van der Waals surface area (Å²) in [5.74, 6) is 0.911. The molecule has 2 atom stereocenters. The van der Waals surface area contributed by atoms with E-state index in [-0.39, 0.29) is 5.79 Å². The van der Waals surface area contributed by atoms with Crippen LogP contribution in [-0.4, -0.2) is 24.8 Å². The molecule has 0 bridgehead atoms. The molecule has 0 aromatic carbocycles. The maximum atomic E-state index is 11.1. The molecule has 0 aromatic heterocycles. The number of hydrogen-bond acceptors (Lipinski definition) is 3. The minimum absolute atomic E-state index is 0.360. The van der Waals surface area contributed by atoms with E-state index < -0.39 is 0 Å². The number of Topliss-reactive ketones (excluding diaryl/α,β-unsaturated/α-hetero) is 1. The third-order valence-electron chi connectivity index (χ3n) is 6.59. The molecule has 2 fully saturated rings. The van der Waals surface area contributed by atoms with Crippen LogP contribution in [0, 0.1) is 22.7 Å². The third kappa shape index (κ3) is 8.23. The molecule has 0 heterocycles. The monoisotopic (exact) mass is 382 g/mol. The number of hydrogen-bond donors (Lipinski definition) is 0. The van der Waals surface area contributed by atoms with Crippen LogP contribution in [-0.2, 0) is 14.3 Å². The zero-order valence-corrected chi connectivity index (χ0v) is 19.5. The largest absolute Gasteiger partial charge is 0.350 e. The number of ether oxygens (including phenoxy) is 2. The van der Waals surface area contributed by atoms with E-state index >= 15 is 0 Å². The lowest BCUT2D eigenvalue weighted by Gasteiger charge is -2.44. The van der Waals surface area contributed by atoms with Gasteiger partial charge in [0.1, 0.15) is 5.78 Å². The summed E-state index contributed by atoms with van der Waals surface area (Å²) in [5.41, 5.74) is 0.854. The average molecular weight is 383 g/mol. The first-order chi connectivity index (χ1) is 12.4. The Kier molecular flexibility index (Phi) is 9.48. The van der Waals surface area contributed by atoms with Crippen LogP contribution in [0.25, 0.3) is 0 Å². The van der Waals surface area contributed by atoms with Crippen LogP contribution in [0.15, 0.2) is 0 Å². The summed E-state index contributed by atoms with van der Waals surface area (Å²) in [6, 6.07) is 0. The summed E-state index contributed by atoms with van der Waals surface area (Å²) in [4.78, 5) is 11.1. The Hall–Kier alpha value is -0.410. The molecule has 0 saturated heterocycles. The SMILES string of the molecule is CC(=O)C1CCCC(C)(C)C1.CCOC(C)(OCC)C1CCCC(C)(C)C1. The molecule has 2 aliphatic carbocycles. The summed E-state index contributed by atoms with van der Waals surface area (Å²) in [6.45, 7) is 18.6. The zero-order chi connectivity index (χ0) is 20.7. The van der Waals surface area contributed by atoms with Crippen LogP contribution < -0.4 is 0 Å². The van der Waals surface area contributed by atoms with Crippen LogP contribution >= 0.6 is 0 Å². The van der Waals surface area contributed by atoms with Gasteiger partial charge in [-0.1, -0.05) is 40.5 Å². The summed E-state index contributed by atoms with van der Waals surface area (Å²) in [5, 5.41) is 0. The van der Waals surface area contributed by atoms with Gasteiger partial charge in [-0.05, 0) is 77.0 Å². The summed E-state index contributed by atoms with van der Waals surface area (Å²) in [7, 11) is 0. The van der Waals surface area contributed by atoms with E-state index in [0.717, 1.165) is 26.1 Å². The Morgan fingerprint density at radius 1 is 0.926 bits per heavy atom. The quantitative estimate of drug-likeness (QED) is 0.475. The molecule has 2 rings (SSSR count). The van der Waals surface area contributed by atoms with Crippen molar-refractivity contribution < 1.29 is 14.3 Å². The lowest BCUT2D eigenvalue weighted by molar-refractivity contribution is -0.261. The highest BCUT2D eigenvalue weighted by Crippen LogP contribution is 2.44. The van der Waals surface area contributed by atoms with E-state index in [1.807, 2.05) is 13.8 Å². The first-order valence-corrected chi connectivity index (χ1v) is 11.2. The van der Waals surface area contributed by atoms with Crippen molar-refractivity contribution in [1.29, 1.82) is 0 Å². The van der Waals surface area contributed by atoms with Gasteiger partial charge < -0.3 is 9.47 Å². The van der Waals surface area contributed by atoms with Crippen molar-refractivity contribution in [3.05, 3.63) is 0 Å². The second-order valence-corrected chi connectivity index (χ2v) is 10.4. The van der Waals surface area contributed by atoms with Crippen LogP contribution in [0.1, 0.15) is 107 Å². The molecule has 3 heteroatoms. The standard InChI is InChI=1S/C14H28O2.C10H18O/c1-6-15-14(5,16-7-2)12-9-8-10-13(3,4)11-12;1-8(11)9-5-4-6-10(2,3)7-9/h12H,6-11H2,1-5H3;9H,4-7H2,1-3H3. The number of ketones is 1. The number of rotatable bonds is 6. The molecular formula is C24H46O3. The fraction of sp³-hybridized carbons (Fsp3) is 0.958. The minimum atomic E-state index is -0.374. The van der Waals surface area contributed by atoms with Gasteiger partial charge in [-0.15, -0.1) is 0 Å². The molecule has 0 N–H and O–H groups in total. The molecule has 2 aliphatic rings. The molecule has 2 unspecified atom stereocenters. The molecule has 160 valence electrons. The maximum Gasteiger partial charge on any atom is 0.168 e. The first kappa shape index (κ1) is 24.6. The van der Waals surface area contributed by atoms with Crippen LogP contribution in [0.5, 0.6) is 0 Å². The van der Waals surface area contributed by atoms with Gasteiger partial charge >= 0.3 is 0 Å². The molecule has 0 aliphatic heterocycles. The van der Waals surface area contributed by atoms with Crippen molar-refractivity contribution >= 4 is 5.78 Å². The second-order valence-electron chi connectivity index (χ2n) is 10.4. The number of carbonyl (C=O) groups is 1. The van der Waals surface area contributed by atoms with Gasteiger partial charge in [0.25, 0.3) is 0 Å². The van der Waals surface area contributed by atoms with Gasteiger partial charge in [0.05, 0.1) is 0 Å². The second kappa shape index (κ2) is 10.4. The van der Waals surface area contributed by atoms with Gasteiger partial charge in [0.15, 0.2) is 5.79 Å². The van der Waals surface area contributed by atoms with Gasteiger partial charge in [-0.25, -0.2) is 0 Å². The van der Waals surface area contributed by atoms with Crippen molar-refractivity contribution in [2.24, 2.45) is 22.7 Å². The van der Waals surface area contributed by atoms with E-state index in [0.29, 0.717) is 28.4 Å².